The predicted octanol–water partition coefficient (Wildman–Crippen LogP) is 4.83. The maximum atomic E-state index is 12.2. The standard InChI is InChI=1S/C27H31NO/c1-2-12-24-26(23-17-10-5-11-18-23)28-25(22-15-8-4-9-16-22)20-27(24,29)19-21-13-6-3-7-14-21/h3-11,13-18,24-26,28-29H,2,12,19-20H2,1H3/p+1/t24-,25+,26-,27-/m1/s1. The zero-order valence-electron chi connectivity index (χ0n) is 17.2. The minimum atomic E-state index is -0.729. The Balaban J connectivity index is 1.75. The van der Waals surface area contributed by atoms with Crippen LogP contribution in [0.1, 0.15) is 55.0 Å². The van der Waals surface area contributed by atoms with Crippen molar-refractivity contribution in [1.82, 2.24) is 0 Å². The number of hydrogen-bond donors (Lipinski definition) is 2. The molecule has 2 nitrogen and oxygen atoms in total. The van der Waals surface area contributed by atoms with E-state index >= 15 is 0 Å². The molecule has 0 spiro atoms. The number of aliphatic hydroxyl groups is 1. The second-order valence-electron chi connectivity index (χ2n) is 8.51. The van der Waals surface area contributed by atoms with E-state index in [1.54, 1.807) is 0 Å². The van der Waals surface area contributed by atoms with Gasteiger partial charge in [-0.15, -0.1) is 0 Å². The molecule has 3 aromatic carbocycles. The zero-order valence-corrected chi connectivity index (χ0v) is 17.2. The second kappa shape index (κ2) is 8.94. The summed E-state index contributed by atoms with van der Waals surface area (Å²) in [6, 6.07) is 32.4. The van der Waals surface area contributed by atoms with Gasteiger partial charge >= 0.3 is 0 Å². The van der Waals surface area contributed by atoms with Gasteiger partial charge in [-0.05, 0) is 12.0 Å². The Morgan fingerprint density at radius 3 is 1.97 bits per heavy atom. The van der Waals surface area contributed by atoms with Gasteiger partial charge in [0.15, 0.2) is 0 Å². The number of rotatable bonds is 6. The van der Waals surface area contributed by atoms with Crippen molar-refractivity contribution in [1.29, 1.82) is 0 Å². The van der Waals surface area contributed by atoms with E-state index < -0.39 is 5.60 Å². The van der Waals surface area contributed by atoms with Crippen LogP contribution in [-0.2, 0) is 6.42 Å². The molecule has 0 aromatic heterocycles. The lowest BCUT2D eigenvalue weighted by Gasteiger charge is -2.46. The first-order chi connectivity index (χ1) is 14.2. The molecule has 4 atom stereocenters. The third-order valence-electron chi connectivity index (χ3n) is 6.50. The minimum Gasteiger partial charge on any atom is -0.389 e. The maximum absolute atomic E-state index is 12.2. The van der Waals surface area contributed by atoms with Gasteiger partial charge in [0.05, 0.1) is 5.60 Å². The molecule has 2 heteroatoms. The van der Waals surface area contributed by atoms with Gasteiger partial charge in [0.2, 0.25) is 0 Å². The summed E-state index contributed by atoms with van der Waals surface area (Å²) >= 11 is 0. The van der Waals surface area contributed by atoms with Gasteiger partial charge in [-0.1, -0.05) is 104 Å². The van der Waals surface area contributed by atoms with Crippen LogP contribution in [-0.4, -0.2) is 10.7 Å². The van der Waals surface area contributed by atoms with E-state index in [1.807, 2.05) is 6.07 Å². The van der Waals surface area contributed by atoms with Crippen molar-refractivity contribution < 1.29 is 10.4 Å². The van der Waals surface area contributed by atoms with Gasteiger partial charge in [0, 0.05) is 29.9 Å². The lowest BCUT2D eigenvalue weighted by Crippen LogP contribution is -2.91. The summed E-state index contributed by atoms with van der Waals surface area (Å²) < 4.78 is 0. The van der Waals surface area contributed by atoms with Crippen molar-refractivity contribution in [2.75, 3.05) is 0 Å². The number of nitrogens with two attached hydrogens (primary N) is 1. The quantitative estimate of drug-likeness (QED) is 0.626. The summed E-state index contributed by atoms with van der Waals surface area (Å²) in [5.41, 5.74) is 3.11. The summed E-state index contributed by atoms with van der Waals surface area (Å²) in [5, 5.41) is 14.7. The molecule has 1 saturated heterocycles. The van der Waals surface area contributed by atoms with E-state index in [2.05, 4.69) is 97.2 Å². The summed E-state index contributed by atoms with van der Waals surface area (Å²) in [7, 11) is 0. The van der Waals surface area contributed by atoms with Gasteiger partial charge in [0.25, 0.3) is 0 Å². The van der Waals surface area contributed by atoms with Crippen molar-refractivity contribution in [3.05, 3.63) is 108 Å². The van der Waals surface area contributed by atoms with Crippen molar-refractivity contribution >= 4 is 0 Å². The average molecular weight is 387 g/mol. The Hall–Kier alpha value is -2.42. The first-order valence-corrected chi connectivity index (χ1v) is 10.9. The third-order valence-corrected chi connectivity index (χ3v) is 6.50. The molecule has 1 heterocycles. The molecule has 0 saturated carbocycles. The fourth-order valence-electron chi connectivity index (χ4n) is 5.18. The van der Waals surface area contributed by atoms with Crippen LogP contribution in [0.2, 0.25) is 0 Å². The average Bonchev–Trinajstić information content (AvgIpc) is 2.77. The predicted molar refractivity (Wildman–Crippen MR) is 118 cm³/mol. The van der Waals surface area contributed by atoms with Crippen LogP contribution in [0.25, 0.3) is 0 Å². The van der Waals surface area contributed by atoms with Crippen LogP contribution in [0.4, 0.5) is 0 Å². The highest BCUT2D eigenvalue weighted by Gasteiger charge is 2.50. The SMILES string of the molecule is CCC[C@@H]1[C@@H](c2ccccc2)[NH2+][C@H](c2ccccc2)C[C@]1(O)Cc1ccccc1. The summed E-state index contributed by atoms with van der Waals surface area (Å²) in [4.78, 5) is 0. The van der Waals surface area contributed by atoms with Gasteiger partial charge < -0.3 is 10.4 Å². The Kier molecular flexibility index (Phi) is 6.13. The lowest BCUT2D eigenvalue weighted by atomic mass is 9.67. The molecule has 0 radical (unpaired) electrons. The van der Waals surface area contributed by atoms with E-state index in [-0.39, 0.29) is 18.0 Å². The molecule has 4 rings (SSSR count). The van der Waals surface area contributed by atoms with E-state index in [0.29, 0.717) is 6.42 Å². The van der Waals surface area contributed by atoms with Crippen LogP contribution < -0.4 is 5.32 Å². The van der Waals surface area contributed by atoms with E-state index in [9.17, 15) is 5.11 Å². The van der Waals surface area contributed by atoms with E-state index in [1.165, 1.54) is 16.7 Å². The van der Waals surface area contributed by atoms with Crippen LogP contribution in [0, 0.1) is 5.92 Å². The number of piperidine rings is 1. The van der Waals surface area contributed by atoms with Crippen molar-refractivity contribution in [2.45, 2.75) is 50.3 Å². The highest BCUT2D eigenvalue weighted by Crippen LogP contribution is 2.43. The largest absolute Gasteiger partial charge is 0.389 e. The van der Waals surface area contributed by atoms with Gasteiger partial charge in [-0.3, -0.25) is 0 Å². The van der Waals surface area contributed by atoms with Crippen molar-refractivity contribution in [3.8, 4) is 0 Å². The summed E-state index contributed by atoms with van der Waals surface area (Å²) in [6.45, 7) is 2.23. The topological polar surface area (TPSA) is 36.8 Å². The molecule has 1 aliphatic heterocycles. The third kappa shape index (κ3) is 4.44. The van der Waals surface area contributed by atoms with Gasteiger partial charge in [-0.25, -0.2) is 0 Å². The van der Waals surface area contributed by atoms with Crippen molar-refractivity contribution in [2.24, 2.45) is 5.92 Å². The van der Waals surface area contributed by atoms with Crippen LogP contribution in [0.15, 0.2) is 91.0 Å². The maximum Gasteiger partial charge on any atom is 0.118 e. The van der Waals surface area contributed by atoms with Crippen LogP contribution >= 0.6 is 0 Å². The number of hydrogen-bond acceptors (Lipinski definition) is 1. The Labute approximate surface area is 174 Å². The molecule has 0 amide bonds. The Morgan fingerprint density at radius 2 is 1.38 bits per heavy atom. The summed E-state index contributed by atoms with van der Waals surface area (Å²) in [5.74, 6) is 0.218. The number of quaternary nitrogens is 1. The molecule has 3 aromatic rings. The molecule has 3 N–H and O–H groups in total. The molecule has 0 unspecified atom stereocenters. The Morgan fingerprint density at radius 1 is 0.828 bits per heavy atom. The molecular formula is C27H32NO+. The first-order valence-electron chi connectivity index (χ1n) is 10.9. The van der Waals surface area contributed by atoms with Gasteiger partial charge in [0.1, 0.15) is 12.1 Å². The van der Waals surface area contributed by atoms with E-state index in [0.717, 1.165) is 19.3 Å². The molecule has 1 fully saturated rings. The zero-order chi connectivity index (χ0) is 20.1. The normalized spacial score (nSPS) is 26.9. The fraction of sp³-hybridized carbons (Fsp3) is 0.333. The minimum absolute atomic E-state index is 0.218. The van der Waals surface area contributed by atoms with Crippen molar-refractivity contribution in [3.63, 3.8) is 0 Å². The molecular weight excluding hydrogens is 354 g/mol. The molecule has 0 bridgehead atoms. The van der Waals surface area contributed by atoms with Crippen LogP contribution in [0.3, 0.4) is 0 Å². The number of benzene rings is 3. The smallest absolute Gasteiger partial charge is 0.118 e. The molecule has 1 aliphatic rings. The molecule has 150 valence electrons. The van der Waals surface area contributed by atoms with Gasteiger partial charge in [-0.2, -0.15) is 0 Å². The monoisotopic (exact) mass is 386 g/mol. The second-order valence-corrected chi connectivity index (χ2v) is 8.51. The lowest BCUT2D eigenvalue weighted by molar-refractivity contribution is -0.757. The van der Waals surface area contributed by atoms with Crippen LogP contribution in [0.5, 0.6) is 0 Å². The van der Waals surface area contributed by atoms with E-state index in [4.69, 9.17) is 0 Å². The summed E-state index contributed by atoms with van der Waals surface area (Å²) in [6.07, 6.45) is 3.59. The Bertz CT molecular complexity index is 880. The first kappa shape index (κ1) is 19.9. The fourth-order valence-corrected chi connectivity index (χ4v) is 5.18. The highest BCUT2D eigenvalue weighted by molar-refractivity contribution is 5.25. The highest BCUT2D eigenvalue weighted by atomic mass is 16.3. The molecule has 0 aliphatic carbocycles. The molecule has 29 heavy (non-hydrogen) atoms.